The molecular formula is C9H15N3O17P4. The zero-order chi connectivity index (χ0) is 25.4. The van der Waals surface area contributed by atoms with Crippen molar-refractivity contribution >= 4 is 37.1 Å². The summed E-state index contributed by atoms with van der Waals surface area (Å²) in [5.74, 6) is -2.26. The molecule has 1 aromatic rings. The van der Waals surface area contributed by atoms with Crippen molar-refractivity contribution in [2.75, 3.05) is 12.3 Å². The number of ether oxygens (including phenoxy) is 1. The van der Waals surface area contributed by atoms with E-state index in [2.05, 4.69) is 22.7 Å². The van der Waals surface area contributed by atoms with Crippen LogP contribution in [0.3, 0.4) is 0 Å². The number of anilines is 1. The first-order valence-corrected chi connectivity index (χ1v) is 13.8. The van der Waals surface area contributed by atoms with E-state index in [0.717, 1.165) is 12.3 Å². The van der Waals surface area contributed by atoms with Gasteiger partial charge < -0.3 is 44.9 Å². The van der Waals surface area contributed by atoms with Crippen molar-refractivity contribution in [3.63, 3.8) is 0 Å². The number of hydrogen-bond donors (Lipinski definition) is 8. The molecule has 0 bridgehead atoms. The number of nitrogens with two attached hydrogens (primary N) is 1. The number of phosphoric acid groups is 4. The maximum absolute atomic E-state index is 12.0. The number of nitrogen functional groups attached to an aromatic ring is 1. The summed E-state index contributed by atoms with van der Waals surface area (Å²) in [5.41, 5.74) is 4.20. The minimum atomic E-state index is -5.84. The molecule has 188 valence electrons. The van der Waals surface area contributed by atoms with Crippen molar-refractivity contribution < 1.29 is 75.1 Å². The summed E-state index contributed by atoms with van der Waals surface area (Å²) in [6, 6.07) is 1.07. The highest BCUT2D eigenvalue weighted by Crippen LogP contribution is 2.66. The van der Waals surface area contributed by atoms with Gasteiger partial charge in [0, 0.05) is 6.20 Å². The summed E-state index contributed by atoms with van der Waals surface area (Å²) in [6.45, 7) is -1.32. The van der Waals surface area contributed by atoms with Crippen molar-refractivity contribution in [2.24, 2.45) is 0 Å². The Kier molecular flexibility index (Phi) is 8.13. The number of aliphatic hydroxyl groups is 1. The Morgan fingerprint density at radius 3 is 2.15 bits per heavy atom. The second kappa shape index (κ2) is 9.65. The number of nitrogens with zero attached hydrogens (tertiary/aromatic N) is 2. The normalized spacial score (nSPS) is 23.1. The van der Waals surface area contributed by atoms with E-state index in [1.165, 1.54) is 0 Å². The summed E-state index contributed by atoms with van der Waals surface area (Å²) >= 11 is 0. The third-order valence-electron chi connectivity index (χ3n) is 3.23. The summed E-state index contributed by atoms with van der Waals surface area (Å²) < 4.78 is 66.2. The van der Waals surface area contributed by atoms with Gasteiger partial charge in [0.15, 0.2) is 17.6 Å². The average Bonchev–Trinajstić information content (AvgIpc) is 2.84. The van der Waals surface area contributed by atoms with Gasteiger partial charge in [0.1, 0.15) is 12.4 Å². The number of aliphatic hydroxyl groups excluding tert-OH is 1. The molecular weight excluding hydrogens is 546 g/mol. The lowest BCUT2D eigenvalue weighted by Gasteiger charge is -2.21. The SMILES string of the molecule is Nc1ccn([C@@H]2OC(COP(=O)(O)OP(=O)(O)OP(=O)(O)O)=C(O)C2OP(=O)(O)O)c(=O)n1. The molecule has 1 aliphatic heterocycles. The smallest absolute Gasteiger partial charge is 0.490 e. The van der Waals surface area contributed by atoms with Gasteiger partial charge in [0.25, 0.3) is 0 Å². The van der Waals surface area contributed by atoms with E-state index in [9.17, 15) is 33.1 Å². The minimum Gasteiger partial charge on any atom is -0.506 e. The van der Waals surface area contributed by atoms with Gasteiger partial charge in [0.05, 0.1) is 0 Å². The molecule has 0 amide bonds. The molecule has 2 heterocycles. The Bertz CT molecular complexity index is 1180. The first kappa shape index (κ1) is 27.8. The molecule has 3 unspecified atom stereocenters. The van der Waals surface area contributed by atoms with E-state index in [1.807, 2.05) is 0 Å². The van der Waals surface area contributed by atoms with Crippen LogP contribution in [-0.2, 0) is 40.7 Å². The van der Waals surface area contributed by atoms with Crippen molar-refractivity contribution in [2.45, 2.75) is 12.3 Å². The lowest BCUT2D eigenvalue weighted by molar-refractivity contribution is -0.0166. The van der Waals surface area contributed by atoms with Gasteiger partial charge in [-0.05, 0) is 6.07 Å². The van der Waals surface area contributed by atoms with E-state index in [0.29, 0.717) is 4.57 Å². The fourth-order valence-corrected chi connectivity index (χ4v) is 5.66. The van der Waals surface area contributed by atoms with Crippen molar-refractivity contribution in [3.8, 4) is 0 Å². The van der Waals surface area contributed by atoms with Gasteiger partial charge >= 0.3 is 37.0 Å². The molecule has 0 fully saturated rings. The third-order valence-corrected chi connectivity index (χ3v) is 7.51. The monoisotopic (exact) mass is 561 g/mol. The Labute approximate surface area is 181 Å². The standard InChI is InChI=1S/C9H15N3O17P4/c10-5-1-2-12(9(14)11-5)8-7(27-30(15,16)17)6(13)4(26-8)3-25-32(21,22)29-33(23,24)28-31(18,19)20/h1-2,7-8,13H,3H2,(H,21,22)(H,23,24)(H2,10,11,14)(H2,15,16,17)(H2,18,19,20)/t7?,8-/m1/s1. The van der Waals surface area contributed by atoms with E-state index in [4.69, 9.17) is 34.9 Å². The number of phosphoric ester groups is 2. The molecule has 33 heavy (non-hydrogen) atoms. The predicted molar refractivity (Wildman–Crippen MR) is 99.4 cm³/mol. The maximum atomic E-state index is 12.0. The number of hydrogen-bond acceptors (Lipinski definition) is 13. The van der Waals surface area contributed by atoms with Gasteiger partial charge in [0.2, 0.25) is 6.23 Å². The van der Waals surface area contributed by atoms with E-state index >= 15 is 0 Å². The van der Waals surface area contributed by atoms with Crippen LogP contribution >= 0.6 is 31.3 Å². The van der Waals surface area contributed by atoms with Crippen LogP contribution in [0.2, 0.25) is 0 Å². The van der Waals surface area contributed by atoms with E-state index < -0.39 is 67.4 Å². The third kappa shape index (κ3) is 8.36. The number of rotatable bonds is 10. The average molecular weight is 561 g/mol. The second-order valence-electron chi connectivity index (χ2n) is 5.74. The Balaban J connectivity index is 2.25. The van der Waals surface area contributed by atoms with Crippen LogP contribution in [0.5, 0.6) is 0 Å². The molecule has 24 heteroatoms. The molecule has 0 spiro atoms. The fourth-order valence-electron chi connectivity index (χ4n) is 2.19. The first-order valence-electron chi connectivity index (χ1n) is 7.74. The summed E-state index contributed by atoms with van der Waals surface area (Å²) in [6.07, 6.45) is -2.99. The molecule has 0 aliphatic carbocycles. The topological polar surface area (TPSA) is 317 Å². The summed E-state index contributed by atoms with van der Waals surface area (Å²) in [5, 5.41) is 10.2. The molecule has 20 nitrogen and oxygen atoms in total. The van der Waals surface area contributed by atoms with Crippen LogP contribution < -0.4 is 11.4 Å². The van der Waals surface area contributed by atoms with Gasteiger partial charge in [-0.25, -0.2) is 23.1 Å². The summed E-state index contributed by atoms with van der Waals surface area (Å²) in [4.78, 5) is 68.9. The molecule has 4 atom stereocenters. The fraction of sp³-hybridized carbons (Fsp3) is 0.333. The minimum absolute atomic E-state index is 0.244. The lowest BCUT2D eigenvalue weighted by atomic mass is 10.2. The number of aromatic nitrogens is 2. The van der Waals surface area contributed by atoms with Crippen LogP contribution in [0.25, 0.3) is 0 Å². The quantitative estimate of drug-likeness (QED) is 0.158. The van der Waals surface area contributed by atoms with Crippen molar-refractivity contribution in [3.05, 3.63) is 34.3 Å². The van der Waals surface area contributed by atoms with Crippen molar-refractivity contribution in [1.82, 2.24) is 9.55 Å². The van der Waals surface area contributed by atoms with Crippen LogP contribution in [0.1, 0.15) is 6.23 Å². The van der Waals surface area contributed by atoms with Crippen LogP contribution in [-0.4, -0.2) is 56.7 Å². The molecule has 1 aliphatic rings. The van der Waals surface area contributed by atoms with E-state index in [-0.39, 0.29) is 5.82 Å². The zero-order valence-corrected chi connectivity index (χ0v) is 19.1. The highest BCUT2D eigenvalue weighted by molar-refractivity contribution is 7.66. The summed E-state index contributed by atoms with van der Waals surface area (Å²) in [7, 11) is -22.4. The highest BCUT2D eigenvalue weighted by Gasteiger charge is 2.45. The molecule has 0 radical (unpaired) electrons. The maximum Gasteiger partial charge on any atom is 0.490 e. The van der Waals surface area contributed by atoms with Gasteiger partial charge in [-0.2, -0.15) is 13.6 Å². The molecule has 0 saturated heterocycles. The molecule has 9 N–H and O–H groups in total. The Morgan fingerprint density at radius 2 is 1.64 bits per heavy atom. The molecule has 2 rings (SSSR count). The lowest BCUT2D eigenvalue weighted by Crippen LogP contribution is -2.34. The highest BCUT2D eigenvalue weighted by atomic mass is 31.3. The molecule has 0 aromatic carbocycles. The van der Waals surface area contributed by atoms with Gasteiger partial charge in [-0.1, -0.05) is 0 Å². The van der Waals surface area contributed by atoms with E-state index in [1.54, 1.807) is 0 Å². The Morgan fingerprint density at radius 1 is 1.03 bits per heavy atom. The van der Waals surface area contributed by atoms with Crippen LogP contribution in [0, 0.1) is 0 Å². The molecule has 1 aromatic heterocycles. The van der Waals surface area contributed by atoms with Crippen LogP contribution in [0.15, 0.2) is 28.6 Å². The first-order chi connectivity index (χ1) is 14.8. The van der Waals surface area contributed by atoms with Crippen LogP contribution in [0.4, 0.5) is 5.82 Å². The predicted octanol–water partition coefficient (Wildman–Crippen LogP) is -1.05. The van der Waals surface area contributed by atoms with Gasteiger partial charge in [-0.3, -0.25) is 13.6 Å². The molecule has 0 saturated carbocycles. The van der Waals surface area contributed by atoms with Crippen molar-refractivity contribution in [1.29, 1.82) is 0 Å². The Hall–Kier alpha value is -1.46. The zero-order valence-electron chi connectivity index (χ0n) is 15.5. The van der Waals surface area contributed by atoms with Gasteiger partial charge in [-0.15, -0.1) is 0 Å². The second-order valence-corrected chi connectivity index (χ2v) is 11.4. The largest absolute Gasteiger partial charge is 0.506 e.